The molecule has 4 heteroatoms. The molecular weight excluding hydrogens is 154 g/mol. The van der Waals surface area contributed by atoms with Gasteiger partial charge in [-0.3, -0.25) is 9.69 Å². The quantitative estimate of drug-likeness (QED) is 0.586. The van der Waals surface area contributed by atoms with E-state index in [-0.39, 0.29) is 5.91 Å². The molecule has 1 unspecified atom stereocenters. The molecule has 1 rings (SSSR count). The van der Waals surface area contributed by atoms with Crippen molar-refractivity contribution in [3.63, 3.8) is 0 Å². The normalized spacial score (nSPS) is 24.6. The van der Waals surface area contributed by atoms with Gasteiger partial charge in [0.1, 0.15) is 0 Å². The fraction of sp³-hybridized carbons (Fsp3) is 0.875. The third-order valence-corrected chi connectivity index (χ3v) is 2.42. The summed E-state index contributed by atoms with van der Waals surface area (Å²) in [6.45, 7) is 2.53. The summed E-state index contributed by atoms with van der Waals surface area (Å²) < 4.78 is 0. The summed E-state index contributed by atoms with van der Waals surface area (Å²) in [5, 5.41) is 0. The summed E-state index contributed by atoms with van der Waals surface area (Å²) in [4.78, 5) is 12.8. The van der Waals surface area contributed by atoms with E-state index in [0.29, 0.717) is 19.0 Å². The number of hydrogen-bond acceptors (Lipinski definition) is 3. The van der Waals surface area contributed by atoms with Crippen molar-refractivity contribution in [1.29, 1.82) is 0 Å². The molecule has 1 amide bonds. The Hall–Kier alpha value is -0.610. The zero-order valence-corrected chi connectivity index (χ0v) is 7.33. The van der Waals surface area contributed by atoms with Crippen LogP contribution in [-0.2, 0) is 4.79 Å². The predicted octanol–water partition coefficient (Wildman–Crippen LogP) is -0.715. The number of carbonyl (C=O) groups is 1. The highest BCUT2D eigenvalue weighted by molar-refractivity contribution is 5.73. The maximum absolute atomic E-state index is 10.5. The molecule has 12 heavy (non-hydrogen) atoms. The third kappa shape index (κ3) is 2.46. The molecule has 0 aromatic rings. The van der Waals surface area contributed by atoms with Gasteiger partial charge in [0.15, 0.2) is 0 Å². The predicted molar refractivity (Wildman–Crippen MR) is 47.5 cm³/mol. The lowest BCUT2D eigenvalue weighted by atomic mass is 10.2. The molecule has 0 spiro atoms. The first-order chi connectivity index (χ1) is 5.74. The van der Waals surface area contributed by atoms with Crippen LogP contribution >= 0.6 is 0 Å². The van der Waals surface area contributed by atoms with Gasteiger partial charge in [0.2, 0.25) is 5.91 Å². The van der Waals surface area contributed by atoms with Crippen molar-refractivity contribution in [3.05, 3.63) is 0 Å². The minimum absolute atomic E-state index is 0.224. The average molecular weight is 171 g/mol. The maximum atomic E-state index is 10.5. The number of likely N-dealkylation sites (tertiary alicyclic amines) is 1. The zero-order chi connectivity index (χ0) is 8.97. The van der Waals surface area contributed by atoms with Crippen LogP contribution in [0.1, 0.15) is 19.3 Å². The lowest BCUT2D eigenvalue weighted by Gasteiger charge is -2.21. The molecule has 70 valence electrons. The first kappa shape index (κ1) is 9.48. The molecule has 1 aliphatic heterocycles. The lowest BCUT2D eigenvalue weighted by Crippen LogP contribution is -2.37. The van der Waals surface area contributed by atoms with Gasteiger partial charge < -0.3 is 11.5 Å². The van der Waals surface area contributed by atoms with Gasteiger partial charge in [-0.25, -0.2) is 0 Å². The highest BCUT2D eigenvalue weighted by Crippen LogP contribution is 2.15. The van der Waals surface area contributed by atoms with E-state index in [2.05, 4.69) is 4.90 Å². The minimum atomic E-state index is -0.224. The molecule has 1 heterocycles. The van der Waals surface area contributed by atoms with E-state index in [4.69, 9.17) is 11.5 Å². The van der Waals surface area contributed by atoms with Crippen molar-refractivity contribution in [1.82, 2.24) is 4.90 Å². The number of hydrogen-bond donors (Lipinski definition) is 2. The van der Waals surface area contributed by atoms with Crippen molar-refractivity contribution >= 4 is 5.91 Å². The van der Waals surface area contributed by atoms with Gasteiger partial charge in [0.05, 0.1) is 0 Å². The van der Waals surface area contributed by atoms with Crippen molar-refractivity contribution in [2.24, 2.45) is 11.5 Å². The largest absolute Gasteiger partial charge is 0.370 e. The molecule has 0 aromatic carbocycles. The van der Waals surface area contributed by atoms with Crippen LogP contribution in [0.2, 0.25) is 0 Å². The van der Waals surface area contributed by atoms with E-state index in [1.807, 2.05) is 0 Å². The molecule has 0 aliphatic carbocycles. The van der Waals surface area contributed by atoms with Crippen LogP contribution in [0, 0.1) is 0 Å². The molecule has 0 saturated carbocycles. The molecule has 1 aliphatic rings. The fourth-order valence-electron chi connectivity index (χ4n) is 1.71. The van der Waals surface area contributed by atoms with E-state index in [1.165, 1.54) is 6.42 Å². The number of amides is 1. The summed E-state index contributed by atoms with van der Waals surface area (Å²) in [7, 11) is 0. The Labute approximate surface area is 72.9 Å². The SMILES string of the molecule is NCC1CCCN1CCC(N)=O. The van der Waals surface area contributed by atoms with E-state index in [9.17, 15) is 4.79 Å². The third-order valence-electron chi connectivity index (χ3n) is 2.42. The Bertz CT molecular complexity index is 160. The van der Waals surface area contributed by atoms with Gasteiger partial charge in [-0.1, -0.05) is 0 Å². The monoisotopic (exact) mass is 171 g/mol. The first-order valence-electron chi connectivity index (χ1n) is 4.46. The molecule has 1 atom stereocenters. The summed E-state index contributed by atoms with van der Waals surface area (Å²) in [6, 6.07) is 0.476. The Morgan fingerprint density at radius 2 is 2.33 bits per heavy atom. The Balaban J connectivity index is 2.26. The number of nitrogens with zero attached hydrogens (tertiary/aromatic N) is 1. The van der Waals surface area contributed by atoms with Gasteiger partial charge >= 0.3 is 0 Å². The molecular formula is C8H17N3O. The van der Waals surface area contributed by atoms with Crippen LogP contribution in [0.4, 0.5) is 0 Å². The minimum Gasteiger partial charge on any atom is -0.370 e. The summed E-state index contributed by atoms with van der Waals surface area (Å²) >= 11 is 0. The van der Waals surface area contributed by atoms with Gasteiger partial charge in [0.25, 0.3) is 0 Å². The smallest absolute Gasteiger partial charge is 0.218 e. The van der Waals surface area contributed by atoms with Crippen LogP contribution in [0.25, 0.3) is 0 Å². The fourth-order valence-corrected chi connectivity index (χ4v) is 1.71. The van der Waals surface area contributed by atoms with Crippen molar-refractivity contribution in [3.8, 4) is 0 Å². The van der Waals surface area contributed by atoms with Crippen molar-refractivity contribution in [2.75, 3.05) is 19.6 Å². The highest BCUT2D eigenvalue weighted by Gasteiger charge is 2.22. The highest BCUT2D eigenvalue weighted by atomic mass is 16.1. The number of primary amides is 1. The topological polar surface area (TPSA) is 72.3 Å². The molecule has 0 radical (unpaired) electrons. The van der Waals surface area contributed by atoms with Crippen molar-refractivity contribution < 1.29 is 4.79 Å². The van der Waals surface area contributed by atoms with Crippen LogP contribution in [0.3, 0.4) is 0 Å². The van der Waals surface area contributed by atoms with Gasteiger partial charge in [-0.15, -0.1) is 0 Å². The Kier molecular flexibility index (Phi) is 3.49. The summed E-state index contributed by atoms with van der Waals surface area (Å²) in [5.74, 6) is -0.224. The summed E-state index contributed by atoms with van der Waals surface area (Å²) in [5.41, 5.74) is 10.6. The van der Waals surface area contributed by atoms with Gasteiger partial charge in [0, 0.05) is 25.6 Å². The second-order valence-electron chi connectivity index (χ2n) is 3.28. The van der Waals surface area contributed by atoms with E-state index < -0.39 is 0 Å². The van der Waals surface area contributed by atoms with E-state index >= 15 is 0 Å². The van der Waals surface area contributed by atoms with Gasteiger partial charge in [-0.2, -0.15) is 0 Å². The second kappa shape index (κ2) is 4.42. The molecule has 0 aromatic heterocycles. The van der Waals surface area contributed by atoms with Gasteiger partial charge in [-0.05, 0) is 19.4 Å². The summed E-state index contributed by atoms with van der Waals surface area (Å²) in [6.07, 6.45) is 2.81. The molecule has 4 N–H and O–H groups in total. The van der Waals surface area contributed by atoms with E-state index in [1.54, 1.807) is 0 Å². The maximum Gasteiger partial charge on any atom is 0.218 e. The lowest BCUT2D eigenvalue weighted by molar-refractivity contribution is -0.118. The first-order valence-corrected chi connectivity index (χ1v) is 4.46. The second-order valence-corrected chi connectivity index (χ2v) is 3.28. The van der Waals surface area contributed by atoms with Crippen molar-refractivity contribution in [2.45, 2.75) is 25.3 Å². The number of carbonyl (C=O) groups excluding carboxylic acids is 1. The van der Waals surface area contributed by atoms with Crippen LogP contribution in [0.15, 0.2) is 0 Å². The number of nitrogens with two attached hydrogens (primary N) is 2. The average Bonchev–Trinajstić information content (AvgIpc) is 2.47. The molecule has 1 saturated heterocycles. The van der Waals surface area contributed by atoms with Crippen LogP contribution < -0.4 is 11.5 Å². The Morgan fingerprint density at radius 3 is 2.92 bits per heavy atom. The number of rotatable bonds is 4. The molecule has 0 bridgehead atoms. The van der Waals surface area contributed by atoms with Crippen LogP contribution in [-0.4, -0.2) is 36.5 Å². The standard InChI is InChI=1S/C8H17N3O/c9-6-7-2-1-4-11(7)5-3-8(10)12/h7H,1-6,9H2,(H2,10,12). The zero-order valence-electron chi connectivity index (χ0n) is 7.33. The Morgan fingerprint density at radius 1 is 1.58 bits per heavy atom. The van der Waals surface area contributed by atoms with E-state index in [0.717, 1.165) is 19.5 Å². The molecule has 4 nitrogen and oxygen atoms in total. The molecule has 1 fully saturated rings. The van der Waals surface area contributed by atoms with Crippen LogP contribution in [0.5, 0.6) is 0 Å².